The summed E-state index contributed by atoms with van der Waals surface area (Å²) in [5, 5.41) is 0.741. The molecule has 8 heteroatoms. The number of hydrogen-bond donors (Lipinski definition) is 0. The van der Waals surface area contributed by atoms with E-state index in [1.807, 2.05) is 0 Å². The van der Waals surface area contributed by atoms with E-state index in [9.17, 15) is 9.59 Å². The summed E-state index contributed by atoms with van der Waals surface area (Å²) in [5.74, 6) is 1.23. The fourth-order valence-electron chi connectivity index (χ4n) is 8.66. The highest BCUT2D eigenvalue weighted by atomic mass is 17.3. The average molecular weight is 481 g/mol. The van der Waals surface area contributed by atoms with Crippen molar-refractivity contribution in [3.63, 3.8) is 0 Å². The van der Waals surface area contributed by atoms with Gasteiger partial charge in [0.05, 0.1) is 0 Å². The second-order valence-electron chi connectivity index (χ2n) is 11.7. The van der Waals surface area contributed by atoms with Gasteiger partial charge in [-0.05, 0) is 80.4 Å². The molecule has 8 nitrogen and oxygen atoms in total. The van der Waals surface area contributed by atoms with E-state index in [-0.39, 0.29) is 5.75 Å². The summed E-state index contributed by atoms with van der Waals surface area (Å²) in [4.78, 5) is 36.3. The van der Waals surface area contributed by atoms with Crippen molar-refractivity contribution in [2.45, 2.75) is 75.5 Å². The fraction of sp³-hybridized carbons (Fsp3) is 0.630. The molecule has 184 valence electrons. The van der Waals surface area contributed by atoms with Gasteiger partial charge < -0.3 is 18.6 Å². The zero-order valence-electron chi connectivity index (χ0n) is 19.4. The minimum absolute atomic E-state index is 0.254. The molecular weight excluding hydrogens is 452 g/mol. The van der Waals surface area contributed by atoms with Crippen LogP contribution in [0.15, 0.2) is 39.5 Å². The Morgan fingerprint density at radius 3 is 2.54 bits per heavy atom. The van der Waals surface area contributed by atoms with Crippen LogP contribution in [0.1, 0.15) is 57.8 Å². The molecule has 35 heavy (non-hydrogen) atoms. The monoisotopic (exact) mass is 480 g/mol. The minimum Gasteiger partial charge on any atom is -0.430 e. The Morgan fingerprint density at radius 1 is 0.943 bits per heavy atom. The highest BCUT2D eigenvalue weighted by molar-refractivity contribution is 5.78. The molecule has 3 spiro atoms. The van der Waals surface area contributed by atoms with E-state index in [1.54, 1.807) is 18.2 Å². The van der Waals surface area contributed by atoms with E-state index < -0.39 is 29.5 Å². The normalized spacial score (nSPS) is 44.6. The molecule has 0 amide bonds. The second kappa shape index (κ2) is 6.87. The van der Waals surface area contributed by atoms with E-state index in [2.05, 4.69) is 0 Å². The highest BCUT2D eigenvalue weighted by Gasteiger charge is 2.77. The maximum absolute atomic E-state index is 12.6. The molecule has 6 atom stereocenters. The number of fused-ring (bicyclic) bond motifs is 5. The van der Waals surface area contributed by atoms with Crippen molar-refractivity contribution in [1.29, 1.82) is 0 Å². The van der Waals surface area contributed by atoms with Crippen LogP contribution < -0.4 is 10.4 Å². The van der Waals surface area contributed by atoms with Crippen molar-refractivity contribution in [3.8, 4) is 5.75 Å². The molecule has 5 aliphatic carbocycles. The van der Waals surface area contributed by atoms with E-state index in [4.69, 9.17) is 28.4 Å². The number of rotatable bonds is 2. The lowest BCUT2D eigenvalue weighted by Gasteiger charge is -2.49. The molecule has 1 aromatic heterocycles. The number of carbonyl (C=O) groups is 1. The molecule has 6 unspecified atom stereocenters. The number of benzene rings is 1. The third-order valence-corrected chi connectivity index (χ3v) is 10.1. The lowest BCUT2D eigenvalue weighted by Crippen LogP contribution is -2.50. The lowest BCUT2D eigenvalue weighted by molar-refractivity contribution is -0.376. The van der Waals surface area contributed by atoms with Crippen LogP contribution in [0.5, 0.6) is 5.75 Å². The first-order valence-corrected chi connectivity index (χ1v) is 12.9. The maximum atomic E-state index is 12.6. The summed E-state index contributed by atoms with van der Waals surface area (Å²) in [5.41, 5.74) is 0.454. The van der Waals surface area contributed by atoms with E-state index >= 15 is 0 Å². The zero-order chi connectivity index (χ0) is 23.4. The van der Waals surface area contributed by atoms with Gasteiger partial charge in [-0.2, -0.15) is 9.78 Å². The van der Waals surface area contributed by atoms with Gasteiger partial charge in [0.15, 0.2) is 0 Å². The molecule has 6 aliphatic rings. The summed E-state index contributed by atoms with van der Waals surface area (Å²) in [7, 11) is 0. The van der Waals surface area contributed by atoms with Crippen LogP contribution in [0, 0.1) is 29.1 Å². The van der Waals surface area contributed by atoms with Crippen molar-refractivity contribution in [3.05, 3.63) is 40.8 Å². The predicted octanol–water partition coefficient (Wildman–Crippen LogP) is 5.08. The molecule has 1 aromatic carbocycles. The number of carbonyl (C=O) groups excluding carboxylic acids is 1. The first-order valence-electron chi connectivity index (χ1n) is 12.9. The standard InChI is InChI=1S/C27H28O8/c28-23-6-4-15-3-5-20(11-22(15)32-23)30-24(29)31-21-2-1-7-26(14-21)33-27(35-34-26)18-9-16-8-17-10-19(27)13-25(16,17)12-18/h3-6,11,16-19,21H,1-2,7-10,12-14H2. The Bertz CT molecular complexity index is 1260. The number of ether oxygens (including phenoxy) is 3. The van der Waals surface area contributed by atoms with Crippen LogP contribution in [0.2, 0.25) is 0 Å². The van der Waals surface area contributed by atoms with Crippen molar-refractivity contribution in [1.82, 2.24) is 0 Å². The zero-order valence-corrected chi connectivity index (χ0v) is 19.4. The van der Waals surface area contributed by atoms with Gasteiger partial charge in [0.2, 0.25) is 11.6 Å². The second-order valence-corrected chi connectivity index (χ2v) is 11.7. The highest BCUT2D eigenvalue weighted by Crippen LogP contribution is 2.79. The smallest absolute Gasteiger partial charge is 0.430 e. The molecule has 2 aromatic rings. The van der Waals surface area contributed by atoms with Gasteiger partial charge in [0.25, 0.3) is 0 Å². The van der Waals surface area contributed by atoms with Crippen LogP contribution in [0.25, 0.3) is 11.0 Å². The van der Waals surface area contributed by atoms with Gasteiger partial charge in [-0.1, -0.05) is 0 Å². The van der Waals surface area contributed by atoms with Gasteiger partial charge in [-0.3, -0.25) is 0 Å². The van der Waals surface area contributed by atoms with Gasteiger partial charge in [0, 0.05) is 42.2 Å². The summed E-state index contributed by atoms with van der Waals surface area (Å²) in [6.07, 6.45) is 7.65. The first kappa shape index (κ1) is 20.7. The average Bonchev–Trinajstić information content (AvgIpc) is 3.40. The third-order valence-electron chi connectivity index (χ3n) is 10.1. The van der Waals surface area contributed by atoms with Crippen molar-refractivity contribution in [2.24, 2.45) is 29.1 Å². The Hall–Kier alpha value is -2.42. The van der Waals surface area contributed by atoms with E-state index in [0.29, 0.717) is 35.7 Å². The summed E-state index contributed by atoms with van der Waals surface area (Å²) in [6.45, 7) is 0. The molecule has 0 N–H and O–H groups in total. The van der Waals surface area contributed by atoms with Crippen molar-refractivity contribution in [2.75, 3.05) is 0 Å². The van der Waals surface area contributed by atoms with E-state index in [1.165, 1.54) is 44.2 Å². The Balaban J connectivity index is 0.959. The molecule has 1 aliphatic heterocycles. The van der Waals surface area contributed by atoms with Crippen molar-refractivity contribution < 1.29 is 33.2 Å². The largest absolute Gasteiger partial charge is 0.514 e. The molecule has 8 rings (SSSR count). The Morgan fingerprint density at radius 2 is 1.71 bits per heavy atom. The van der Waals surface area contributed by atoms with Gasteiger partial charge in [-0.15, -0.1) is 0 Å². The number of hydrogen-bond acceptors (Lipinski definition) is 8. The topological polar surface area (TPSA) is 93.4 Å². The van der Waals surface area contributed by atoms with Crippen LogP contribution in [0.4, 0.5) is 4.79 Å². The van der Waals surface area contributed by atoms with Gasteiger partial charge in [0.1, 0.15) is 17.4 Å². The SMILES string of the molecule is O=C(Oc1ccc2ccc(=O)oc2c1)OC1CCCC2(C1)OOC1(O2)C2CC3CC4CC1CC34C2. The predicted molar refractivity (Wildman–Crippen MR) is 120 cm³/mol. The van der Waals surface area contributed by atoms with Crippen LogP contribution in [0.3, 0.4) is 0 Å². The molecular formula is C27H28O8. The first-order chi connectivity index (χ1) is 17.0. The van der Waals surface area contributed by atoms with Gasteiger partial charge >= 0.3 is 11.8 Å². The maximum Gasteiger partial charge on any atom is 0.514 e. The van der Waals surface area contributed by atoms with Gasteiger partial charge in [-0.25, -0.2) is 9.59 Å². The molecule has 2 heterocycles. The van der Waals surface area contributed by atoms with Crippen LogP contribution >= 0.6 is 0 Å². The van der Waals surface area contributed by atoms with Crippen LogP contribution in [-0.2, 0) is 19.2 Å². The summed E-state index contributed by atoms with van der Waals surface area (Å²) in [6, 6.07) is 7.89. The Kier molecular flexibility index (Phi) is 4.07. The molecule has 6 fully saturated rings. The molecule has 1 saturated heterocycles. The third kappa shape index (κ3) is 2.84. The Labute approximate surface area is 201 Å². The fourth-order valence-corrected chi connectivity index (χ4v) is 8.66. The summed E-state index contributed by atoms with van der Waals surface area (Å²) < 4.78 is 23.0. The van der Waals surface area contributed by atoms with E-state index in [0.717, 1.165) is 30.1 Å². The molecule has 3 bridgehead atoms. The summed E-state index contributed by atoms with van der Waals surface area (Å²) >= 11 is 0. The quantitative estimate of drug-likeness (QED) is 0.254. The molecule has 5 saturated carbocycles. The van der Waals surface area contributed by atoms with Crippen LogP contribution in [-0.4, -0.2) is 23.8 Å². The lowest BCUT2D eigenvalue weighted by atomic mass is 9.56. The minimum atomic E-state index is -0.870. The van der Waals surface area contributed by atoms with Crippen molar-refractivity contribution >= 4 is 17.1 Å². The molecule has 0 radical (unpaired) electrons.